The minimum absolute atomic E-state index is 0.285. The first-order valence-electron chi connectivity index (χ1n) is 11.3. The van der Waals surface area contributed by atoms with Gasteiger partial charge in [-0.15, -0.1) is 0 Å². The number of carbonyl (C=O) groups excluding carboxylic acids is 1. The van der Waals surface area contributed by atoms with Crippen LogP contribution in [0, 0.1) is 6.92 Å². The zero-order chi connectivity index (χ0) is 25.2. The minimum atomic E-state index is -0.367. The standard InChI is InChI=1S/C24H24ClN7O3S/c1-13-8-15(16-9-19(25)27-11-18(16)35-3)17(10-26-13)22(33)31-24-30-21-23(36-24)29-20(12-28-21)32-6-4-14(34-2)5-7-32/h8-12,14H,4-7H2,1-3H3,(H,28,30,31,33). The van der Waals surface area contributed by atoms with Crippen molar-refractivity contribution in [3.05, 3.63) is 47.1 Å². The quantitative estimate of drug-likeness (QED) is 0.366. The third kappa shape index (κ3) is 4.95. The number of thiazole rings is 1. The molecule has 12 heteroatoms. The predicted octanol–water partition coefficient (Wildman–Crippen LogP) is 4.38. The van der Waals surface area contributed by atoms with Crippen LogP contribution in [0.5, 0.6) is 5.75 Å². The van der Waals surface area contributed by atoms with Gasteiger partial charge in [-0.3, -0.25) is 15.1 Å². The first-order chi connectivity index (χ1) is 17.4. The van der Waals surface area contributed by atoms with Gasteiger partial charge >= 0.3 is 0 Å². The number of piperidine rings is 1. The Kier molecular flexibility index (Phi) is 6.95. The summed E-state index contributed by atoms with van der Waals surface area (Å²) in [5.41, 5.74) is 2.84. The summed E-state index contributed by atoms with van der Waals surface area (Å²) >= 11 is 7.41. The summed E-state index contributed by atoms with van der Waals surface area (Å²) in [5, 5.41) is 3.56. The SMILES string of the molecule is COc1cnc(Cl)cc1-c1cc(C)ncc1C(=O)Nc1nc2ncc(N3CCC(OC)CC3)nc2s1. The largest absolute Gasteiger partial charge is 0.494 e. The fourth-order valence-corrected chi connectivity index (χ4v) is 5.10. The molecule has 1 amide bonds. The summed E-state index contributed by atoms with van der Waals surface area (Å²) < 4.78 is 10.9. The van der Waals surface area contributed by atoms with E-state index in [9.17, 15) is 4.79 Å². The van der Waals surface area contributed by atoms with E-state index in [0.717, 1.165) is 37.4 Å². The molecule has 0 atom stereocenters. The highest BCUT2D eigenvalue weighted by molar-refractivity contribution is 7.21. The number of hydrogen-bond acceptors (Lipinski definition) is 10. The van der Waals surface area contributed by atoms with Gasteiger partial charge in [0.25, 0.3) is 5.91 Å². The van der Waals surface area contributed by atoms with Crippen molar-refractivity contribution in [3.63, 3.8) is 0 Å². The first kappa shape index (κ1) is 24.3. The van der Waals surface area contributed by atoms with Crippen molar-refractivity contribution >= 4 is 50.3 Å². The van der Waals surface area contributed by atoms with Gasteiger partial charge < -0.3 is 14.4 Å². The van der Waals surface area contributed by atoms with Crippen LogP contribution >= 0.6 is 22.9 Å². The van der Waals surface area contributed by atoms with Crippen LogP contribution in [-0.2, 0) is 4.74 Å². The Morgan fingerprint density at radius 3 is 2.64 bits per heavy atom. The second kappa shape index (κ2) is 10.3. The molecule has 10 nitrogen and oxygen atoms in total. The molecule has 4 aromatic heterocycles. The van der Waals surface area contributed by atoms with Crippen LogP contribution in [0.25, 0.3) is 21.6 Å². The molecule has 0 unspecified atom stereocenters. The van der Waals surface area contributed by atoms with E-state index in [1.807, 2.05) is 13.0 Å². The lowest BCUT2D eigenvalue weighted by molar-refractivity contribution is 0.0818. The van der Waals surface area contributed by atoms with Crippen LogP contribution in [0.15, 0.2) is 30.7 Å². The van der Waals surface area contributed by atoms with Crippen LogP contribution in [0.2, 0.25) is 5.15 Å². The number of rotatable bonds is 6. The average Bonchev–Trinajstić information content (AvgIpc) is 3.30. The Morgan fingerprint density at radius 1 is 1.08 bits per heavy atom. The van der Waals surface area contributed by atoms with E-state index in [1.54, 1.807) is 19.4 Å². The van der Waals surface area contributed by atoms with E-state index < -0.39 is 0 Å². The number of fused-ring (bicyclic) bond motifs is 1. The van der Waals surface area contributed by atoms with Crippen molar-refractivity contribution < 1.29 is 14.3 Å². The molecule has 36 heavy (non-hydrogen) atoms. The fraction of sp³-hybridized carbons (Fsp3) is 0.333. The minimum Gasteiger partial charge on any atom is -0.494 e. The third-order valence-corrected chi connectivity index (χ3v) is 7.12. The van der Waals surface area contributed by atoms with Crippen LogP contribution in [-0.4, -0.2) is 64.2 Å². The number of ether oxygens (including phenoxy) is 2. The van der Waals surface area contributed by atoms with Gasteiger partial charge in [0.05, 0.1) is 31.2 Å². The van der Waals surface area contributed by atoms with Gasteiger partial charge in [0.2, 0.25) is 0 Å². The lowest BCUT2D eigenvalue weighted by Crippen LogP contribution is -2.37. The Labute approximate surface area is 216 Å². The van der Waals surface area contributed by atoms with Gasteiger partial charge in [-0.1, -0.05) is 22.9 Å². The summed E-state index contributed by atoms with van der Waals surface area (Å²) in [7, 11) is 3.29. The summed E-state index contributed by atoms with van der Waals surface area (Å²) in [6, 6.07) is 3.47. The molecule has 1 saturated heterocycles. The van der Waals surface area contributed by atoms with E-state index in [0.29, 0.717) is 38.0 Å². The molecule has 186 valence electrons. The van der Waals surface area contributed by atoms with Crippen LogP contribution in [0.4, 0.5) is 10.9 Å². The highest BCUT2D eigenvalue weighted by Crippen LogP contribution is 2.34. The molecule has 0 aromatic carbocycles. The monoisotopic (exact) mass is 525 g/mol. The van der Waals surface area contributed by atoms with E-state index in [-0.39, 0.29) is 17.2 Å². The van der Waals surface area contributed by atoms with E-state index in [2.05, 4.69) is 30.2 Å². The van der Waals surface area contributed by atoms with Crippen molar-refractivity contribution in [1.29, 1.82) is 0 Å². The van der Waals surface area contributed by atoms with E-state index in [1.165, 1.54) is 30.8 Å². The van der Waals surface area contributed by atoms with Gasteiger partial charge in [0.1, 0.15) is 16.7 Å². The molecule has 5 heterocycles. The van der Waals surface area contributed by atoms with Crippen LogP contribution in [0.1, 0.15) is 28.9 Å². The Bertz CT molecular complexity index is 1420. The van der Waals surface area contributed by atoms with Crippen molar-refractivity contribution in [2.75, 3.05) is 37.5 Å². The lowest BCUT2D eigenvalue weighted by Gasteiger charge is -2.31. The molecular formula is C24H24ClN7O3S. The molecule has 0 spiro atoms. The number of carbonyl (C=O) groups is 1. The summed E-state index contributed by atoms with van der Waals surface area (Å²) in [4.78, 5) is 38.2. The maximum absolute atomic E-state index is 13.3. The smallest absolute Gasteiger partial charge is 0.259 e. The third-order valence-electron chi connectivity index (χ3n) is 6.06. The predicted molar refractivity (Wildman–Crippen MR) is 139 cm³/mol. The molecule has 0 bridgehead atoms. The fourth-order valence-electron chi connectivity index (χ4n) is 4.16. The van der Waals surface area contributed by atoms with Gasteiger partial charge in [0, 0.05) is 43.2 Å². The molecule has 1 N–H and O–H groups in total. The summed E-state index contributed by atoms with van der Waals surface area (Å²) in [6.07, 6.45) is 6.95. The molecule has 1 fully saturated rings. The van der Waals surface area contributed by atoms with Crippen molar-refractivity contribution in [3.8, 4) is 16.9 Å². The maximum atomic E-state index is 13.3. The Balaban J connectivity index is 1.41. The first-order valence-corrected chi connectivity index (χ1v) is 12.5. The number of anilines is 2. The van der Waals surface area contributed by atoms with Gasteiger partial charge in [-0.25, -0.2) is 15.0 Å². The second-order valence-electron chi connectivity index (χ2n) is 8.33. The number of aryl methyl sites for hydroxylation is 1. The van der Waals surface area contributed by atoms with Crippen LogP contribution in [0.3, 0.4) is 0 Å². The van der Waals surface area contributed by atoms with E-state index in [4.69, 9.17) is 26.1 Å². The lowest BCUT2D eigenvalue weighted by atomic mass is 10.0. The molecule has 4 aromatic rings. The van der Waals surface area contributed by atoms with Crippen LogP contribution < -0.4 is 15.0 Å². The molecule has 0 saturated carbocycles. The number of methoxy groups -OCH3 is 2. The highest BCUT2D eigenvalue weighted by atomic mass is 35.5. The number of amides is 1. The molecule has 0 aliphatic carbocycles. The molecular weight excluding hydrogens is 502 g/mol. The number of hydrogen-bond donors (Lipinski definition) is 1. The van der Waals surface area contributed by atoms with Gasteiger partial charge in [-0.2, -0.15) is 4.98 Å². The average molecular weight is 526 g/mol. The number of nitrogens with zero attached hydrogens (tertiary/aromatic N) is 6. The molecule has 1 aliphatic rings. The maximum Gasteiger partial charge on any atom is 0.259 e. The number of pyridine rings is 2. The zero-order valence-electron chi connectivity index (χ0n) is 20.0. The van der Waals surface area contributed by atoms with Gasteiger partial charge in [0.15, 0.2) is 15.6 Å². The molecule has 1 aliphatic heterocycles. The topological polar surface area (TPSA) is 115 Å². The second-order valence-corrected chi connectivity index (χ2v) is 9.70. The number of aromatic nitrogens is 5. The highest BCUT2D eigenvalue weighted by Gasteiger charge is 2.22. The Hall–Kier alpha value is -3.41. The summed E-state index contributed by atoms with van der Waals surface area (Å²) in [5.74, 6) is 0.924. The summed E-state index contributed by atoms with van der Waals surface area (Å²) in [6.45, 7) is 3.56. The van der Waals surface area contributed by atoms with Crippen molar-refractivity contribution in [1.82, 2.24) is 24.9 Å². The van der Waals surface area contributed by atoms with Gasteiger partial charge in [-0.05, 0) is 31.9 Å². The Morgan fingerprint density at radius 2 is 1.89 bits per heavy atom. The number of nitrogens with one attached hydrogen (secondary N) is 1. The zero-order valence-corrected chi connectivity index (χ0v) is 21.6. The normalized spacial score (nSPS) is 14.3. The molecule has 0 radical (unpaired) electrons. The van der Waals surface area contributed by atoms with E-state index >= 15 is 0 Å². The molecule has 5 rings (SSSR count). The van der Waals surface area contributed by atoms with Crippen molar-refractivity contribution in [2.45, 2.75) is 25.9 Å². The number of halogens is 1. The van der Waals surface area contributed by atoms with Crippen molar-refractivity contribution in [2.24, 2.45) is 0 Å².